The van der Waals surface area contributed by atoms with Gasteiger partial charge in [-0.1, -0.05) is 23.7 Å². The first-order valence-electron chi connectivity index (χ1n) is 8.03. The van der Waals surface area contributed by atoms with Crippen LogP contribution in [-0.4, -0.2) is 20.8 Å². The standard InChI is InChI=1S/C18H18ClN5O/c19-15-9-14(25)5-6-16(15)21-18-10-17(22-23-18)12-1-3-13(4-2-12)24-8-7-20-11-24/h1-9,11,17-18,21-23,25H,10H2. The number of rotatable bonds is 4. The van der Waals surface area contributed by atoms with Crippen LogP contribution >= 0.6 is 11.6 Å². The molecule has 0 spiro atoms. The van der Waals surface area contributed by atoms with Gasteiger partial charge >= 0.3 is 0 Å². The van der Waals surface area contributed by atoms with E-state index >= 15 is 0 Å². The van der Waals surface area contributed by atoms with Crippen LogP contribution in [0.25, 0.3) is 5.69 Å². The molecular weight excluding hydrogens is 338 g/mol. The number of benzene rings is 2. The summed E-state index contributed by atoms with van der Waals surface area (Å²) in [5.41, 5.74) is 9.62. The number of phenolic OH excluding ortho intramolecular Hbond substituents is 1. The first-order valence-corrected chi connectivity index (χ1v) is 8.41. The lowest BCUT2D eigenvalue weighted by Gasteiger charge is -2.15. The van der Waals surface area contributed by atoms with Gasteiger partial charge < -0.3 is 15.0 Å². The van der Waals surface area contributed by atoms with Crippen molar-refractivity contribution in [3.63, 3.8) is 0 Å². The number of nitrogens with zero attached hydrogens (tertiary/aromatic N) is 2. The molecule has 1 fully saturated rings. The maximum Gasteiger partial charge on any atom is 0.117 e. The van der Waals surface area contributed by atoms with Gasteiger partial charge in [-0.15, -0.1) is 0 Å². The van der Waals surface area contributed by atoms with Crippen molar-refractivity contribution in [3.05, 3.63) is 71.8 Å². The fourth-order valence-electron chi connectivity index (χ4n) is 2.97. The number of imidazole rings is 1. The molecule has 0 bridgehead atoms. The molecule has 2 atom stereocenters. The quantitative estimate of drug-likeness (QED) is 0.541. The van der Waals surface area contributed by atoms with Gasteiger partial charge in [0.05, 0.1) is 23.2 Å². The maximum atomic E-state index is 9.43. The van der Waals surface area contributed by atoms with Crippen molar-refractivity contribution in [2.75, 3.05) is 5.32 Å². The smallest absolute Gasteiger partial charge is 0.117 e. The van der Waals surface area contributed by atoms with Crippen molar-refractivity contribution < 1.29 is 5.11 Å². The summed E-state index contributed by atoms with van der Waals surface area (Å²) in [5.74, 6) is 0.156. The van der Waals surface area contributed by atoms with E-state index in [4.69, 9.17) is 11.6 Å². The van der Waals surface area contributed by atoms with E-state index < -0.39 is 0 Å². The molecule has 2 unspecified atom stereocenters. The molecule has 1 aromatic heterocycles. The number of aromatic nitrogens is 2. The Morgan fingerprint density at radius 2 is 2.00 bits per heavy atom. The number of hydrogen-bond acceptors (Lipinski definition) is 5. The van der Waals surface area contributed by atoms with E-state index in [2.05, 4.69) is 45.4 Å². The first-order chi connectivity index (χ1) is 12.2. The second-order valence-electron chi connectivity index (χ2n) is 6.00. The molecule has 0 radical (unpaired) electrons. The zero-order chi connectivity index (χ0) is 17.2. The van der Waals surface area contributed by atoms with Crippen LogP contribution in [0.2, 0.25) is 5.02 Å². The predicted octanol–water partition coefficient (Wildman–Crippen LogP) is 3.21. The fraction of sp³-hybridized carbons (Fsp3) is 0.167. The SMILES string of the molecule is Oc1ccc(NC2CC(c3ccc(-n4ccnc4)cc3)NN2)c(Cl)c1. The Balaban J connectivity index is 1.42. The van der Waals surface area contributed by atoms with Crippen LogP contribution in [0.5, 0.6) is 5.75 Å². The minimum atomic E-state index is 0.0420. The lowest BCUT2D eigenvalue weighted by Crippen LogP contribution is -2.35. The van der Waals surface area contributed by atoms with E-state index in [0.717, 1.165) is 17.8 Å². The van der Waals surface area contributed by atoms with Crippen LogP contribution < -0.4 is 16.2 Å². The van der Waals surface area contributed by atoms with Crippen LogP contribution in [0.15, 0.2) is 61.2 Å². The molecular formula is C18H18ClN5O. The average Bonchev–Trinajstić information content (AvgIpc) is 3.30. The van der Waals surface area contributed by atoms with Crippen molar-refractivity contribution in [2.45, 2.75) is 18.6 Å². The number of hydrazine groups is 1. The molecule has 0 aliphatic carbocycles. The van der Waals surface area contributed by atoms with Crippen molar-refractivity contribution in [1.82, 2.24) is 20.4 Å². The number of anilines is 1. The van der Waals surface area contributed by atoms with Crippen LogP contribution in [0.3, 0.4) is 0 Å². The summed E-state index contributed by atoms with van der Waals surface area (Å²) < 4.78 is 1.97. The molecule has 1 saturated heterocycles. The Bertz CT molecular complexity index is 850. The van der Waals surface area contributed by atoms with E-state index in [9.17, 15) is 5.11 Å². The average molecular weight is 356 g/mol. The number of nitrogens with one attached hydrogen (secondary N) is 3. The molecule has 7 heteroatoms. The van der Waals surface area contributed by atoms with Crippen molar-refractivity contribution in [1.29, 1.82) is 0 Å². The van der Waals surface area contributed by atoms with E-state index in [1.54, 1.807) is 24.7 Å². The van der Waals surface area contributed by atoms with Gasteiger partial charge in [-0.3, -0.25) is 0 Å². The van der Waals surface area contributed by atoms with Gasteiger partial charge in [0.25, 0.3) is 0 Å². The van der Waals surface area contributed by atoms with E-state index in [1.807, 2.05) is 10.8 Å². The monoisotopic (exact) mass is 355 g/mol. The van der Waals surface area contributed by atoms with Gasteiger partial charge in [0.1, 0.15) is 5.75 Å². The van der Waals surface area contributed by atoms with Crippen LogP contribution in [0.1, 0.15) is 18.0 Å². The highest BCUT2D eigenvalue weighted by Gasteiger charge is 2.25. The Morgan fingerprint density at radius 1 is 1.16 bits per heavy atom. The summed E-state index contributed by atoms with van der Waals surface area (Å²) in [6.07, 6.45) is 6.38. The zero-order valence-corrected chi connectivity index (χ0v) is 14.1. The van der Waals surface area contributed by atoms with Crippen molar-refractivity contribution >= 4 is 17.3 Å². The van der Waals surface area contributed by atoms with Gasteiger partial charge in [0.2, 0.25) is 0 Å². The minimum Gasteiger partial charge on any atom is -0.508 e. The molecule has 1 aliphatic rings. The highest BCUT2D eigenvalue weighted by molar-refractivity contribution is 6.33. The largest absolute Gasteiger partial charge is 0.508 e. The fourth-order valence-corrected chi connectivity index (χ4v) is 3.20. The van der Waals surface area contributed by atoms with Crippen molar-refractivity contribution in [3.8, 4) is 11.4 Å². The Kier molecular flexibility index (Phi) is 4.31. The molecule has 0 saturated carbocycles. The number of hydrogen-bond donors (Lipinski definition) is 4. The normalized spacial score (nSPS) is 19.9. The summed E-state index contributed by atoms with van der Waals surface area (Å²) in [6.45, 7) is 0. The third-order valence-corrected chi connectivity index (χ3v) is 4.60. The second kappa shape index (κ2) is 6.76. The van der Waals surface area contributed by atoms with E-state index in [1.165, 1.54) is 11.6 Å². The predicted molar refractivity (Wildman–Crippen MR) is 97.7 cm³/mol. The van der Waals surface area contributed by atoms with E-state index in [0.29, 0.717) is 5.02 Å². The topological polar surface area (TPSA) is 74.1 Å². The summed E-state index contributed by atoms with van der Waals surface area (Å²) in [6, 6.07) is 13.5. The number of aromatic hydroxyl groups is 1. The first kappa shape index (κ1) is 16.0. The highest BCUT2D eigenvalue weighted by Crippen LogP contribution is 2.29. The number of halogens is 1. The molecule has 1 aliphatic heterocycles. The lowest BCUT2D eigenvalue weighted by molar-refractivity contribution is 0.475. The molecule has 128 valence electrons. The third-order valence-electron chi connectivity index (χ3n) is 4.28. The molecule has 6 nitrogen and oxygen atoms in total. The maximum absolute atomic E-state index is 9.43. The molecule has 4 N–H and O–H groups in total. The van der Waals surface area contributed by atoms with Crippen LogP contribution in [-0.2, 0) is 0 Å². The molecule has 25 heavy (non-hydrogen) atoms. The minimum absolute atomic E-state index is 0.0420. The van der Waals surface area contributed by atoms with Crippen LogP contribution in [0.4, 0.5) is 5.69 Å². The Hall–Kier alpha value is -2.54. The highest BCUT2D eigenvalue weighted by atomic mass is 35.5. The van der Waals surface area contributed by atoms with Gasteiger partial charge in [0.15, 0.2) is 0 Å². The third kappa shape index (κ3) is 3.46. The van der Waals surface area contributed by atoms with Crippen molar-refractivity contribution in [2.24, 2.45) is 0 Å². The summed E-state index contributed by atoms with van der Waals surface area (Å²) >= 11 is 6.15. The summed E-state index contributed by atoms with van der Waals surface area (Å²) in [7, 11) is 0. The van der Waals surface area contributed by atoms with Gasteiger partial charge in [-0.05, 0) is 29.8 Å². The molecule has 3 aromatic rings. The molecule has 2 heterocycles. The van der Waals surface area contributed by atoms with Gasteiger partial charge in [-0.2, -0.15) is 0 Å². The molecule has 4 rings (SSSR count). The summed E-state index contributed by atoms with van der Waals surface area (Å²) in [4.78, 5) is 4.07. The molecule has 0 amide bonds. The second-order valence-corrected chi connectivity index (χ2v) is 6.41. The van der Waals surface area contributed by atoms with E-state index in [-0.39, 0.29) is 18.0 Å². The Labute approximate surface area is 150 Å². The molecule has 2 aromatic carbocycles. The van der Waals surface area contributed by atoms with Gasteiger partial charge in [0, 0.05) is 36.6 Å². The van der Waals surface area contributed by atoms with Crippen LogP contribution in [0, 0.1) is 0 Å². The summed E-state index contributed by atoms with van der Waals surface area (Å²) in [5, 5.41) is 13.3. The zero-order valence-electron chi connectivity index (χ0n) is 13.4. The van der Waals surface area contributed by atoms with Gasteiger partial charge in [-0.25, -0.2) is 15.8 Å². The Morgan fingerprint density at radius 3 is 2.72 bits per heavy atom. The lowest BCUT2D eigenvalue weighted by atomic mass is 10.0. The number of phenols is 1.